The molecule has 2 aromatic heterocycles. The van der Waals surface area contributed by atoms with Crippen LogP contribution in [0.4, 0.5) is 13.2 Å². The van der Waals surface area contributed by atoms with Crippen LogP contribution >= 0.6 is 0 Å². The van der Waals surface area contributed by atoms with E-state index in [4.69, 9.17) is 4.52 Å². The highest BCUT2D eigenvalue weighted by atomic mass is 19.4. The minimum absolute atomic E-state index is 0.0372. The van der Waals surface area contributed by atoms with Gasteiger partial charge in [0, 0.05) is 18.3 Å². The fourth-order valence-electron chi connectivity index (χ4n) is 1.63. The topological polar surface area (TPSA) is 77.3 Å². The number of alkyl halides is 3. The van der Waals surface area contributed by atoms with Crippen molar-refractivity contribution >= 4 is 5.91 Å². The van der Waals surface area contributed by atoms with Crippen molar-refractivity contribution in [2.24, 2.45) is 0 Å². The fourth-order valence-corrected chi connectivity index (χ4v) is 1.63. The van der Waals surface area contributed by atoms with E-state index in [1.54, 1.807) is 6.92 Å². The second kappa shape index (κ2) is 6.46. The number of hydrogen-bond acceptors (Lipinski definition) is 5. The Kier molecular flexibility index (Phi) is 4.64. The predicted molar refractivity (Wildman–Crippen MR) is 68.2 cm³/mol. The van der Waals surface area contributed by atoms with Gasteiger partial charge in [0.1, 0.15) is 11.3 Å². The largest absolute Gasteiger partial charge is 0.468 e. The first-order chi connectivity index (χ1) is 10.4. The summed E-state index contributed by atoms with van der Waals surface area (Å²) in [7, 11) is 0. The van der Waals surface area contributed by atoms with Gasteiger partial charge in [0.15, 0.2) is 6.61 Å². The van der Waals surface area contributed by atoms with E-state index in [0.717, 1.165) is 0 Å². The number of nitrogens with zero attached hydrogens (tertiary/aromatic N) is 2. The highest BCUT2D eigenvalue weighted by Crippen LogP contribution is 2.20. The minimum atomic E-state index is -4.46. The molecule has 0 bridgehead atoms. The van der Waals surface area contributed by atoms with E-state index in [1.807, 2.05) is 0 Å². The van der Waals surface area contributed by atoms with Gasteiger partial charge < -0.3 is 14.6 Å². The summed E-state index contributed by atoms with van der Waals surface area (Å²) in [5, 5.41) is 6.01. The van der Waals surface area contributed by atoms with Gasteiger partial charge in [0.2, 0.25) is 5.88 Å². The summed E-state index contributed by atoms with van der Waals surface area (Å²) in [6.45, 7) is 0.0874. The van der Waals surface area contributed by atoms with Crippen molar-refractivity contribution in [1.29, 1.82) is 0 Å². The van der Waals surface area contributed by atoms with Crippen LogP contribution in [0.1, 0.15) is 21.7 Å². The number of halogens is 3. The van der Waals surface area contributed by atoms with Crippen LogP contribution in [0.2, 0.25) is 0 Å². The Hall–Kier alpha value is -2.58. The molecule has 0 saturated carbocycles. The van der Waals surface area contributed by atoms with Gasteiger partial charge in [-0.15, -0.1) is 0 Å². The van der Waals surface area contributed by atoms with Crippen LogP contribution in [0.25, 0.3) is 0 Å². The maximum atomic E-state index is 12.2. The molecular formula is C13H12F3N3O3. The minimum Gasteiger partial charge on any atom is -0.468 e. The molecule has 0 aliphatic carbocycles. The van der Waals surface area contributed by atoms with Crippen molar-refractivity contribution in [2.45, 2.75) is 19.6 Å². The van der Waals surface area contributed by atoms with Crippen LogP contribution in [-0.4, -0.2) is 28.8 Å². The van der Waals surface area contributed by atoms with Crippen LogP contribution in [0.5, 0.6) is 5.88 Å². The van der Waals surface area contributed by atoms with E-state index < -0.39 is 18.7 Å². The first-order valence-corrected chi connectivity index (χ1v) is 6.20. The molecule has 0 aliphatic heterocycles. The molecule has 2 heterocycles. The van der Waals surface area contributed by atoms with E-state index in [0.29, 0.717) is 11.3 Å². The van der Waals surface area contributed by atoms with Gasteiger partial charge in [-0.05, 0) is 13.0 Å². The quantitative estimate of drug-likeness (QED) is 0.915. The lowest BCUT2D eigenvalue weighted by Gasteiger charge is -2.12. The molecule has 0 saturated heterocycles. The number of nitrogens with one attached hydrogen (secondary N) is 1. The first kappa shape index (κ1) is 15.8. The van der Waals surface area contributed by atoms with E-state index >= 15 is 0 Å². The number of aryl methyl sites for hydroxylation is 1. The third-order valence-electron chi connectivity index (χ3n) is 2.66. The van der Waals surface area contributed by atoms with Crippen LogP contribution in [0, 0.1) is 6.92 Å². The molecule has 118 valence electrons. The molecule has 1 amide bonds. The lowest BCUT2D eigenvalue weighted by molar-refractivity contribution is -0.154. The van der Waals surface area contributed by atoms with Crippen molar-refractivity contribution in [3.05, 3.63) is 41.4 Å². The smallest absolute Gasteiger partial charge is 0.422 e. The maximum absolute atomic E-state index is 12.2. The normalized spacial score (nSPS) is 11.3. The molecular weight excluding hydrogens is 303 g/mol. The molecule has 2 aromatic rings. The molecule has 6 nitrogen and oxygen atoms in total. The summed E-state index contributed by atoms with van der Waals surface area (Å²) >= 11 is 0. The summed E-state index contributed by atoms with van der Waals surface area (Å²) in [6, 6.07) is 3.05. The molecule has 2 rings (SSSR count). The molecule has 0 atom stereocenters. The Labute approximate surface area is 123 Å². The molecule has 9 heteroatoms. The summed E-state index contributed by atoms with van der Waals surface area (Å²) in [5.41, 5.74) is 0.579. The average molecular weight is 315 g/mol. The number of carbonyl (C=O) groups excluding carboxylic acids is 1. The number of ether oxygens (including phenoxy) is 1. The molecule has 0 fully saturated rings. The third-order valence-corrected chi connectivity index (χ3v) is 2.66. The van der Waals surface area contributed by atoms with Gasteiger partial charge in [0.25, 0.3) is 5.91 Å². The van der Waals surface area contributed by atoms with Crippen LogP contribution in [0.15, 0.2) is 29.0 Å². The van der Waals surface area contributed by atoms with Crippen LogP contribution in [0.3, 0.4) is 0 Å². The second-order valence-electron chi connectivity index (χ2n) is 4.35. The first-order valence-electron chi connectivity index (χ1n) is 6.20. The number of hydrogen-bond donors (Lipinski definition) is 1. The van der Waals surface area contributed by atoms with Gasteiger partial charge in [-0.1, -0.05) is 11.2 Å². The Balaban J connectivity index is 2.01. The number of pyridine rings is 1. The van der Waals surface area contributed by atoms with Crippen LogP contribution < -0.4 is 10.1 Å². The number of carbonyl (C=O) groups is 1. The third kappa shape index (κ3) is 4.21. The molecule has 0 aromatic carbocycles. The van der Waals surface area contributed by atoms with Crippen molar-refractivity contribution in [1.82, 2.24) is 15.5 Å². The van der Waals surface area contributed by atoms with E-state index in [1.165, 1.54) is 24.5 Å². The highest BCUT2D eigenvalue weighted by molar-refractivity contribution is 5.94. The van der Waals surface area contributed by atoms with Crippen molar-refractivity contribution in [3.8, 4) is 5.88 Å². The zero-order valence-corrected chi connectivity index (χ0v) is 11.5. The zero-order chi connectivity index (χ0) is 16.2. The summed E-state index contributed by atoms with van der Waals surface area (Å²) in [4.78, 5) is 15.6. The molecule has 22 heavy (non-hydrogen) atoms. The molecule has 0 radical (unpaired) electrons. The predicted octanol–water partition coefficient (Wildman–Crippen LogP) is 2.25. The highest BCUT2D eigenvalue weighted by Gasteiger charge is 2.29. The summed E-state index contributed by atoms with van der Waals surface area (Å²) in [6.07, 6.45) is -1.90. The van der Waals surface area contributed by atoms with Gasteiger partial charge in [0.05, 0.1) is 6.20 Å². The maximum Gasteiger partial charge on any atom is 0.422 e. The second-order valence-corrected chi connectivity index (χ2v) is 4.35. The molecule has 0 unspecified atom stereocenters. The summed E-state index contributed by atoms with van der Waals surface area (Å²) in [5.74, 6) is -0.288. The van der Waals surface area contributed by atoms with Gasteiger partial charge >= 0.3 is 6.18 Å². The van der Waals surface area contributed by atoms with E-state index in [-0.39, 0.29) is 18.0 Å². The van der Waals surface area contributed by atoms with Gasteiger partial charge in [-0.2, -0.15) is 13.2 Å². The number of amides is 1. The van der Waals surface area contributed by atoms with E-state index in [9.17, 15) is 18.0 Å². The molecule has 0 aliphatic rings. The van der Waals surface area contributed by atoms with Crippen LogP contribution in [-0.2, 0) is 6.54 Å². The lowest BCUT2D eigenvalue weighted by atomic mass is 10.2. The molecule has 1 N–H and O–H groups in total. The van der Waals surface area contributed by atoms with Crippen molar-refractivity contribution < 1.29 is 27.2 Å². The number of rotatable bonds is 5. The Morgan fingerprint density at radius 2 is 2.23 bits per heavy atom. The zero-order valence-electron chi connectivity index (χ0n) is 11.5. The lowest BCUT2D eigenvalue weighted by Crippen LogP contribution is -2.24. The SMILES string of the molecule is Cc1oncc1C(=O)NCc1cccnc1OCC(F)(F)F. The fraction of sp³-hybridized carbons (Fsp3) is 0.308. The van der Waals surface area contributed by atoms with Crippen molar-refractivity contribution in [3.63, 3.8) is 0 Å². The Bertz CT molecular complexity index is 655. The molecule has 0 spiro atoms. The average Bonchev–Trinajstić information content (AvgIpc) is 2.89. The number of aromatic nitrogens is 2. The standard InChI is InChI=1S/C13H12F3N3O3/c1-8-10(6-19-22-8)11(20)18-5-9-3-2-4-17-12(9)21-7-13(14,15)16/h2-4,6H,5,7H2,1H3,(H,18,20). The van der Waals surface area contributed by atoms with Gasteiger partial charge in [-0.25, -0.2) is 4.98 Å². The Morgan fingerprint density at radius 1 is 1.45 bits per heavy atom. The Morgan fingerprint density at radius 3 is 2.86 bits per heavy atom. The monoisotopic (exact) mass is 315 g/mol. The van der Waals surface area contributed by atoms with Crippen molar-refractivity contribution in [2.75, 3.05) is 6.61 Å². The van der Waals surface area contributed by atoms with E-state index in [2.05, 4.69) is 20.2 Å². The summed E-state index contributed by atoms with van der Waals surface area (Å²) < 4.78 is 45.9. The van der Waals surface area contributed by atoms with Gasteiger partial charge in [-0.3, -0.25) is 4.79 Å².